The maximum absolute atomic E-state index is 12.2. The topological polar surface area (TPSA) is 66.8 Å². The van der Waals surface area contributed by atoms with Crippen LogP contribution in [0, 0.1) is 11.8 Å². The summed E-state index contributed by atoms with van der Waals surface area (Å²) in [5.41, 5.74) is 0. The van der Waals surface area contributed by atoms with Crippen molar-refractivity contribution < 1.29 is 19.4 Å². The first-order valence-electron chi connectivity index (χ1n) is 6.20. The Kier molecular flexibility index (Phi) is 3.66. The number of ether oxygens (including phenoxy) is 1. The smallest absolute Gasteiger partial charge is 0.308 e. The first kappa shape index (κ1) is 12.4. The minimum Gasteiger partial charge on any atom is -0.481 e. The highest BCUT2D eigenvalue weighted by Crippen LogP contribution is 2.30. The third-order valence-corrected chi connectivity index (χ3v) is 3.44. The van der Waals surface area contributed by atoms with Crippen LogP contribution in [0.25, 0.3) is 0 Å². The first-order valence-corrected chi connectivity index (χ1v) is 6.20. The summed E-state index contributed by atoms with van der Waals surface area (Å²) >= 11 is 0. The molecule has 5 nitrogen and oxygen atoms in total. The van der Waals surface area contributed by atoms with Gasteiger partial charge in [-0.05, 0) is 19.3 Å². The number of nitrogens with zero attached hydrogens (tertiary/aromatic N) is 1. The number of rotatable bonds is 5. The molecule has 1 saturated heterocycles. The van der Waals surface area contributed by atoms with Crippen LogP contribution in [0.15, 0.2) is 0 Å². The quantitative estimate of drug-likeness (QED) is 0.770. The van der Waals surface area contributed by atoms with Gasteiger partial charge in [0, 0.05) is 19.2 Å². The van der Waals surface area contributed by atoms with Crippen LogP contribution in [0.2, 0.25) is 0 Å². The predicted octanol–water partition coefficient (Wildman–Crippen LogP) is 0.735. The zero-order valence-electron chi connectivity index (χ0n) is 10.1. The fourth-order valence-electron chi connectivity index (χ4n) is 2.14. The molecule has 0 bridgehead atoms. The van der Waals surface area contributed by atoms with Gasteiger partial charge in [0.1, 0.15) is 0 Å². The lowest BCUT2D eigenvalue weighted by Gasteiger charge is -2.26. The molecule has 1 heterocycles. The van der Waals surface area contributed by atoms with E-state index in [-0.39, 0.29) is 17.9 Å². The summed E-state index contributed by atoms with van der Waals surface area (Å²) in [7, 11) is 0. The van der Waals surface area contributed by atoms with Gasteiger partial charge in [0.2, 0.25) is 5.91 Å². The molecule has 2 aliphatic rings. The second-order valence-corrected chi connectivity index (χ2v) is 5.02. The van der Waals surface area contributed by atoms with E-state index in [4.69, 9.17) is 9.84 Å². The molecule has 1 amide bonds. The fraction of sp³-hybridized carbons (Fsp3) is 0.833. The lowest BCUT2D eigenvalue weighted by Crippen LogP contribution is -2.42. The van der Waals surface area contributed by atoms with Gasteiger partial charge in [-0.3, -0.25) is 9.59 Å². The van der Waals surface area contributed by atoms with Gasteiger partial charge in [0.05, 0.1) is 18.4 Å². The Bertz CT molecular complexity index is 308. The number of hydrogen-bond acceptors (Lipinski definition) is 3. The maximum Gasteiger partial charge on any atom is 0.308 e. The lowest BCUT2D eigenvalue weighted by atomic mass is 10.1. The largest absolute Gasteiger partial charge is 0.481 e. The molecule has 0 spiro atoms. The van der Waals surface area contributed by atoms with Gasteiger partial charge >= 0.3 is 5.97 Å². The minimum absolute atomic E-state index is 0.0587. The van der Waals surface area contributed by atoms with Crippen LogP contribution in [-0.2, 0) is 14.3 Å². The molecular weight excluding hydrogens is 222 g/mol. The summed E-state index contributed by atoms with van der Waals surface area (Å²) < 4.78 is 5.22. The van der Waals surface area contributed by atoms with Crippen molar-refractivity contribution in [2.75, 3.05) is 19.8 Å². The van der Waals surface area contributed by atoms with Gasteiger partial charge in [-0.2, -0.15) is 0 Å². The van der Waals surface area contributed by atoms with Crippen molar-refractivity contribution in [2.24, 2.45) is 11.8 Å². The standard InChI is InChI=1S/C12H19NO4/c1-8(12(15)16)6-13(10-2-3-10)11(14)9-4-5-17-7-9/h8-10H,2-7H2,1H3,(H,15,16)/t8-,9-/m0/s1. The number of amides is 1. The first-order chi connectivity index (χ1) is 8.09. The molecule has 1 N–H and O–H groups in total. The summed E-state index contributed by atoms with van der Waals surface area (Å²) in [6.45, 7) is 3.11. The maximum atomic E-state index is 12.2. The van der Waals surface area contributed by atoms with E-state index in [0.29, 0.717) is 19.8 Å². The number of carboxylic acids is 1. The molecule has 1 aliphatic carbocycles. The summed E-state index contributed by atoms with van der Waals surface area (Å²) in [6, 6.07) is 0.268. The van der Waals surface area contributed by atoms with Crippen molar-refractivity contribution in [3.63, 3.8) is 0 Å². The summed E-state index contributed by atoms with van der Waals surface area (Å²) in [5.74, 6) is -1.32. The number of carbonyl (C=O) groups excluding carboxylic acids is 1. The highest BCUT2D eigenvalue weighted by molar-refractivity contribution is 5.80. The summed E-state index contributed by atoms with van der Waals surface area (Å²) in [4.78, 5) is 24.9. The lowest BCUT2D eigenvalue weighted by molar-refractivity contribution is -0.144. The summed E-state index contributed by atoms with van der Waals surface area (Å²) in [6.07, 6.45) is 2.78. The van der Waals surface area contributed by atoms with Crippen LogP contribution >= 0.6 is 0 Å². The molecule has 0 unspecified atom stereocenters. The van der Waals surface area contributed by atoms with Crippen molar-refractivity contribution in [2.45, 2.75) is 32.2 Å². The van der Waals surface area contributed by atoms with Crippen LogP contribution in [0.4, 0.5) is 0 Å². The third-order valence-electron chi connectivity index (χ3n) is 3.44. The van der Waals surface area contributed by atoms with E-state index in [9.17, 15) is 9.59 Å². The Balaban J connectivity index is 1.96. The number of hydrogen-bond donors (Lipinski definition) is 1. The van der Waals surface area contributed by atoms with E-state index in [1.807, 2.05) is 0 Å². The van der Waals surface area contributed by atoms with Crippen molar-refractivity contribution in [3.05, 3.63) is 0 Å². The zero-order chi connectivity index (χ0) is 12.4. The minimum atomic E-state index is -0.842. The number of carboxylic acid groups (broad SMARTS) is 1. The Morgan fingerprint density at radius 1 is 1.41 bits per heavy atom. The van der Waals surface area contributed by atoms with Gasteiger partial charge in [0.15, 0.2) is 0 Å². The van der Waals surface area contributed by atoms with Crippen molar-refractivity contribution in [1.29, 1.82) is 0 Å². The van der Waals surface area contributed by atoms with Gasteiger partial charge in [-0.25, -0.2) is 0 Å². The Morgan fingerprint density at radius 3 is 2.59 bits per heavy atom. The SMILES string of the molecule is C[C@@H](CN(C(=O)[C@H]1CCOC1)C1CC1)C(=O)O. The second-order valence-electron chi connectivity index (χ2n) is 5.02. The molecule has 0 aromatic carbocycles. The highest BCUT2D eigenvalue weighted by Gasteiger charge is 2.38. The monoisotopic (exact) mass is 241 g/mol. The van der Waals surface area contributed by atoms with Crippen LogP contribution in [0.1, 0.15) is 26.2 Å². The van der Waals surface area contributed by atoms with Crippen LogP contribution in [0.3, 0.4) is 0 Å². The van der Waals surface area contributed by atoms with Crippen molar-refractivity contribution >= 4 is 11.9 Å². The normalized spacial score (nSPS) is 25.6. The molecule has 17 heavy (non-hydrogen) atoms. The molecule has 2 rings (SSSR count). The van der Waals surface area contributed by atoms with E-state index in [1.54, 1.807) is 11.8 Å². The highest BCUT2D eigenvalue weighted by atomic mass is 16.5. The molecular formula is C12H19NO4. The summed E-state index contributed by atoms with van der Waals surface area (Å²) in [5, 5.41) is 8.92. The zero-order valence-corrected chi connectivity index (χ0v) is 10.1. The van der Waals surface area contributed by atoms with E-state index >= 15 is 0 Å². The van der Waals surface area contributed by atoms with Gasteiger partial charge in [0.25, 0.3) is 0 Å². The van der Waals surface area contributed by atoms with Crippen molar-refractivity contribution in [1.82, 2.24) is 4.90 Å². The molecule has 1 aliphatic heterocycles. The van der Waals surface area contributed by atoms with Crippen LogP contribution in [0.5, 0.6) is 0 Å². The second kappa shape index (κ2) is 5.04. The van der Waals surface area contributed by atoms with Crippen LogP contribution in [-0.4, -0.2) is 47.7 Å². The molecule has 0 aromatic heterocycles. The van der Waals surface area contributed by atoms with Gasteiger partial charge in [-0.15, -0.1) is 0 Å². The fourth-order valence-corrected chi connectivity index (χ4v) is 2.14. The average Bonchev–Trinajstić information content (AvgIpc) is 2.98. The molecule has 1 saturated carbocycles. The Hall–Kier alpha value is -1.10. The van der Waals surface area contributed by atoms with Gasteiger partial charge in [-0.1, -0.05) is 6.92 Å². The van der Waals surface area contributed by atoms with E-state index in [2.05, 4.69) is 0 Å². The van der Waals surface area contributed by atoms with E-state index in [0.717, 1.165) is 19.3 Å². The van der Waals surface area contributed by atoms with Gasteiger partial charge < -0.3 is 14.7 Å². The Morgan fingerprint density at radius 2 is 2.12 bits per heavy atom. The third kappa shape index (κ3) is 2.97. The molecule has 0 aromatic rings. The molecule has 96 valence electrons. The average molecular weight is 241 g/mol. The molecule has 5 heteroatoms. The molecule has 0 radical (unpaired) electrons. The van der Waals surface area contributed by atoms with E-state index in [1.165, 1.54) is 0 Å². The molecule has 2 fully saturated rings. The predicted molar refractivity (Wildman–Crippen MR) is 60.5 cm³/mol. The number of carbonyl (C=O) groups is 2. The van der Waals surface area contributed by atoms with Crippen LogP contribution < -0.4 is 0 Å². The number of aliphatic carboxylic acids is 1. The Labute approximate surface area is 101 Å². The van der Waals surface area contributed by atoms with Crippen molar-refractivity contribution in [3.8, 4) is 0 Å². The van der Waals surface area contributed by atoms with E-state index < -0.39 is 11.9 Å². The molecule has 2 atom stereocenters.